The quantitative estimate of drug-likeness (QED) is 0.579. The Kier molecular flexibility index (Phi) is 5.00. The lowest BCUT2D eigenvalue weighted by molar-refractivity contribution is -0.150. The van der Waals surface area contributed by atoms with Crippen molar-refractivity contribution in [2.24, 2.45) is 5.92 Å². The maximum absolute atomic E-state index is 12.6. The second kappa shape index (κ2) is 6.73. The first kappa shape index (κ1) is 14.1. The number of carbonyl (C=O) groups excluding carboxylic acids is 2. The second-order valence-electron chi connectivity index (χ2n) is 5.46. The van der Waals surface area contributed by atoms with Crippen LogP contribution < -0.4 is 0 Å². The molecule has 0 bridgehead atoms. The van der Waals surface area contributed by atoms with Gasteiger partial charge in [0.2, 0.25) is 5.91 Å². The Labute approximate surface area is 114 Å². The smallest absolute Gasteiger partial charge is 0.325 e. The first-order chi connectivity index (χ1) is 9.22. The van der Waals surface area contributed by atoms with E-state index >= 15 is 0 Å². The fraction of sp³-hybridized carbons (Fsp3) is 0.733. The predicted molar refractivity (Wildman–Crippen MR) is 72.5 cm³/mol. The molecule has 1 saturated carbocycles. The SMILES string of the molecule is COC(=O)CN(C(=O)[C@@H]1CC=CCC1)C1CCCC1. The molecule has 0 spiro atoms. The van der Waals surface area contributed by atoms with Crippen LogP contribution >= 0.6 is 0 Å². The maximum Gasteiger partial charge on any atom is 0.325 e. The van der Waals surface area contributed by atoms with Crippen LogP contribution in [0.15, 0.2) is 12.2 Å². The van der Waals surface area contributed by atoms with Gasteiger partial charge < -0.3 is 9.64 Å². The van der Waals surface area contributed by atoms with Gasteiger partial charge in [-0.25, -0.2) is 0 Å². The van der Waals surface area contributed by atoms with E-state index < -0.39 is 0 Å². The van der Waals surface area contributed by atoms with E-state index in [1.54, 1.807) is 4.90 Å². The minimum Gasteiger partial charge on any atom is -0.468 e. The molecule has 2 aliphatic rings. The van der Waals surface area contributed by atoms with Gasteiger partial charge in [-0.05, 0) is 32.1 Å². The Balaban J connectivity index is 2.04. The number of hydrogen-bond acceptors (Lipinski definition) is 3. The van der Waals surface area contributed by atoms with E-state index in [4.69, 9.17) is 4.74 Å². The summed E-state index contributed by atoms with van der Waals surface area (Å²) in [4.78, 5) is 25.9. The lowest BCUT2D eigenvalue weighted by Crippen LogP contribution is -2.45. The zero-order valence-electron chi connectivity index (χ0n) is 11.6. The van der Waals surface area contributed by atoms with E-state index in [1.165, 1.54) is 7.11 Å². The molecule has 0 radical (unpaired) electrons. The molecule has 2 aliphatic carbocycles. The Morgan fingerprint density at radius 2 is 1.95 bits per heavy atom. The van der Waals surface area contributed by atoms with Gasteiger partial charge in [-0.1, -0.05) is 25.0 Å². The molecular formula is C15H23NO3. The zero-order chi connectivity index (χ0) is 13.7. The number of esters is 1. The summed E-state index contributed by atoms with van der Waals surface area (Å²) in [5.41, 5.74) is 0. The van der Waals surface area contributed by atoms with Crippen LogP contribution in [-0.4, -0.2) is 36.5 Å². The largest absolute Gasteiger partial charge is 0.468 e. The number of ether oxygens (including phenoxy) is 1. The third-order valence-corrected chi connectivity index (χ3v) is 4.19. The molecular weight excluding hydrogens is 242 g/mol. The molecule has 0 N–H and O–H groups in total. The average Bonchev–Trinajstić information content (AvgIpc) is 2.98. The molecule has 0 aliphatic heterocycles. The number of hydrogen-bond donors (Lipinski definition) is 0. The highest BCUT2D eigenvalue weighted by molar-refractivity contribution is 5.84. The Hall–Kier alpha value is -1.32. The minimum atomic E-state index is -0.313. The van der Waals surface area contributed by atoms with Crippen LogP contribution in [0.3, 0.4) is 0 Å². The average molecular weight is 265 g/mol. The van der Waals surface area contributed by atoms with Crippen LogP contribution in [0.2, 0.25) is 0 Å². The van der Waals surface area contributed by atoms with E-state index in [0.29, 0.717) is 0 Å². The molecule has 1 amide bonds. The fourth-order valence-corrected chi connectivity index (χ4v) is 3.06. The van der Waals surface area contributed by atoms with Crippen LogP contribution in [0, 0.1) is 5.92 Å². The lowest BCUT2D eigenvalue weighted by atomic mass is 9.92. The highest BCUT2D eigenvalue weighted by Gasteiger charge is 2.32. The lowest BCUT2D eigenvalue weighted by Gasteiger charge is -2.32. The molecule has 0 heterocycles. The molecule has 0 unspecified atom stereocenters. The van der Waals surface area contributed by atoms with E-state index in [1.807, 2.05) is 0 Å². The normalized spacial score (nSPS) is 23.3. The number of allylic oxidation sites excluding steroid dienone is 2. The highest BCUT2D eigenvalue weighted by Crippen LogP contribution is 2.27. The molecule has 106 valence electrons. The molecule has 0 aromatic rings. The predicted octanol–water partition coefficient (Wildman–Crippen LogP) is 2.29. The Morgan fingerprint density at radius 3 is 2.53 bits per heavy atom. The van der Waals surface area contributed by atoms with Gasteiger partial charge in [0, 0.05) is 12.0 Å². The summed E-state index contributed by atoms with van der Waals surface area (Å²) in [6.45, 7) is 0.111. The van der Waals surface area contributed by atoms with Crippen LogP contribution in [0.4, 0.5) is 0 Å². The van der Waals surface area contributed by atoms with Crippen molar-refractivity contribution >= 4 is 11.9 Å². The summed E-state index contributed by atoms with van der Waals surface area (Å²) in [5.74, 6) is -0.122. The molecule has 0 aromatic carbocycles. The van der Waals surface area contributed by atoms with E-state index in [-0.39, 0.29) is 30.4 Å². The van der Waals surface area contributed by atoms with Crippen molar-refractivity contribution in [3.63, 3.8) is 0 Å². The molecule has 2 rings (SSSR count). The topological polar surface area (TPSA) is 46.6 Å². The summed E-state index contributed by atoms with van der Waals surface area (Å²) < 4.78 is 4.73. The van der Waals surface area contributed by atoms with E-state index in [2.05, 4.69) is 12.2 Å². The third kappa shape index (κ3) is 3.58. The van der Waals surface area contributed by atoms with Crippen molar-refractivity contribution in [3.05, 3.63) is 12.2 Å². The van der Waals surface area contributed by atoms with Crippen molar-refractivity contribution in [1.82, 2.24) is 4.90 Å². The van der Waals surface area contributed by atoms with Crippen molar-refractivity contribution in [3.8, 4) is 0 Å². The number of rotatable bonds is 4. The fourth-order valence-electron chi connectivity index (χ4n) is 3.06. The molecule has 19 heavy (non-hydrogen) atoms. The van der Waals surface area contributed by atoms with Gasteiger partial charge in [-0.15, -0.1) is 0 Å². The maximum atomic E-state index is 12.6. The van der Waals surface area contributed by atoms with Gasteiger partial charge in [-0.2, -0.15) is 0 Å². The number of methoxy groups -OCH3 is 1. The van der Waals surface area contributed by atoms with Crippen LogP contribution in [0.25, 0.3) is 0 Å². The molecule has 0 aromatic heterocycles. The van der Waals surface area contributed by atoms with Crippen molar-refractivity contribution in [1.29, 1.82) is 0 Å². The summed E-state index contributed by atoms with van der Waals surface area (Å²) in [7, 11) is 1.38. The van der Waals surface area contributed by atoms with Crippen molar-refractivity contribution < 1.29 is 14.3 Å². The molecule has 0 saturated heterocycles. The van der Waals surface area contributed by atoms with Gasteiger partial charge in [0.05, 0.1) is 7.11 Å². The molecule has 4 nitrogen and oxygen atoms in total. The molecule has 1 atom stereocenters. The summed E-state index contributed by atoms with van der Waals surface area (Å²) in [6, 6.07) is 0.234. The van der Waals surface area contributed by atoms with E-state index in [9.17, 15) is 9.59 Å². The summed E-state index contributed by atoms with van der Waals surface area (Å²) in [6.07, 6.45) is 11.2. The number of nitrogens with zero attached hydrogens (tertiary/aromatic N) is 1. The van der Waals surface area contributed by atoms with Crippen molar-refractivity contribution in [2.45, 2.75) is 51.0 Å². The second-order valence-corrected chi connectivity index (χ2v) is 5.46. The standard InChI is InChI=1S/C15H23NO3/c1-19-14(17)11-16(13-9-5-6-10-13)15(18)12-7-3-2-4-8-12/h2-3,12-13H,4-11H2,1H3/t12-/m1/s1. The molecule has 1 fully saturated rings. The molecule has 4 heteroatoms. The number of amides is 1. The Bertz CT molecular complexity index is 358. The van der Waals surface area contributed by atoms with Gasteiger partial charge in [0.15, 0.2) is 0 Å². The summed E-state index contributed by atoms with van der Waals surface area (Å²) >= 11 is 0. The van der Waals surface area contributed by atoms with Gasteiger partial charge in [0.25, 0.3) is 0 Å². The van der Waals surface area contributed by atoms with Crippen LogP contribution in [0.5, 0.6) is 0 Å². The van der Waals surface area contributed by atoms with Gasteiger partial charge >= 0.3 is 5.97 Å². The number of carbonyl (C=O) groups is 2. The summed E-state index contributed by atoms with van der Waals surface area (Å²) in [5, 5.41) is 0. The zero-order valence-corrected chi connectivity index (χ0v) is 11.6. The van der Waals surface area contributed by atoms with Gasteiger partial charge in [0.1, 0.15) is 6.54 Å². The first-order valence-electron chi connectivity index (χ1n) is 7.24. The monoisotopic (exact) mass is 265 g/mol. The minimum absolute atomic E-state index is 0.0512. The first-order valence-corrected chi connectivity index (χ1v) is 7.24. The highest BCUT2D eigenvalue weighted by atomic mass is 16.5. The van der Waals surface area contributed by atoms with Gasteiger partial charge in [-0.3, -0.25) is 9.59 Å². The third-order valence-electron chi connectivity index (χ3n) is 4.19. The van der Waals surface area contributed by atoms with E-state index in [0.717, 1.165) is 44.9 Å². The Morgan fingerprint density at radius 1 is 1.21 bits per heavy atom. The van der Waals surface area contributed by atoms with Crippen LogP contribution in [-0.2, 0) is 14.3 Å². The van der Waals surface area contributed by atoms with Crippen molar-refractivity contribution in [2.75, 3.05) is 13.7 Å². The van der Waals surface area contributed by atoms with Crippen LogP contribution in [0.1, 0.15) is 44.9 Å².